The summed E-state index contributed by atoms with van der Waals surface area (Å²) >= 11 is 0. The van der Waals surface area contributed by atoms with E-state index in [4.69, 9.17) is 4.74 Å². The van der Waals surface area contributed by atoms with Crippen LogP contribution in [-0.2, 0) is 21.3 Å². The highest BCUT2D eigenvalue weighted by Gasteiger charge is 2.19. The van der Waals surface area contributed by atoms with Gasteiger partial charge < -0.3 is 10.1 Å². The van der Waals surface area contributed by atoms with Gasteiger partial charge in [0, 0.05) is 19.7 Å². The van der Waals surface area contributed by atoms with Gasteiger partial charge in [0.2, 0.25) is 10.0 Å². The van der Waals surface area contributed by atoms with E-state index in [1.165, 1.54) is 0 Å². The van der Waals surface area contributed by atoms with Crippen molar-refractivity contribution < 1.29 is 13.2 Å². The second kappa shape index (κ2) is 9.15. The van der Waals surface area contributed by atoms with Crippen LogP contribution < -0.4 is 10.0 Å². The Morgan fingerprint density at radius 2 is 2.05 bits per heavy atom. The van der Waals surface area contributed by atoms with Crippen LogP contribution in [0.25, 0.3) is 0 Å². The lowest BCUT2D eigenvalue weighted by Gasteiger charge is -2.16. The van der Waals surface area contributed by atoms with E-state index in [-0.39, 0.29) is 6.04 Å². The van der Waals surface area contributed by atoms with Crippen LogP contribution in [0.4, 0.5) is 0 Å². The third-order valence-corrected chi connectivity index (χ3v) is 4.67. The molecule has 0 aliphatic carbocycles. The SMILES string of the molecule is CCCNCc1cccc(S(=O)(=O)NC(CC)COC)c1. The molecule has 0 bridgehead atoms. The summed E-state index contributed by atoms with van der Waals surface area (Å²) in [5.41, 5.74) is 0.964. The average molecular weight is 314 g/mol. The Morgan fingerprint density at radius 3 is 2.67 bits per heavy atom. The third-order valence-electron chi connectivity index (χ3n) is 3.15. The summed E-state index contributed by atoms with van der Waals surface area (Å²) in [6.45, 7) is 5.98. The fourth-order valence-electron chi connectivity index (χ4n) is 1.96. The normalized spacial score (nSPS) is 13.3. The van der Waals surface area contributed by atoms with E-state index in [9.17, 15) is 8.42 Å². The molecule has 0 aliphatic rings. The van der Waals surface area contributed by atoms with E-state index in [0.717, 1.165) is 18.5 Å². The molecule has 0 aliphatic heterocycles. The van der Waals surface area contributed by atoms with Crippen molar-refractivity contribution in [3.05, 3.63) is 29.8 Å². The quantitative estimate of drug-likeness (QED) is 0.647. The van der Waals surface area contributed by atoms with Gasteiger partial charge in [-0.05, 0) is 37.1 Å². The van der Waals surface area contributed by atoms with Gasteiger partial charge in [-0.3, -0.25) is 0 Å². The Kier molecular flexibility index (Phi) is 7.88. The highest BCUT2D eigenvalue weighted by Crippen LogP contribution is 2.12. The fraction of sp³-hybridized carbons (Fsp3) is 0.600. The molecule has 0 radical (unpaired) electrons. The Bertz CT molecular complexity index is 517. The summed E-state index contributed by atoms with van der Waals surface area (Å²) in [5, 5.41) is 3.27. The maximum Gasteiger partial charge on any atom is 0.240 e. The number of benzene rings is 1. The summed E-state index contributed by atoms with van der Waals surface area (Å²) in [6.07, 6.45) is 1.74. The molecule has 0 heterocycles. The lowest BCUT2D eigenvalue weighted by molar-refractivity contribution is 0.173. The molecule has 0 saturated heterocycles. The van der Waals surface area contributed by atoms with E-state index in [0.29, 0.717) is 24.5 Å². The second-order valence-electron chi connectivity index (χ2n) is 5.01. The van der Waals surface area contributed by atoms with Gasteiger partial charge >= 0.3 is 0 Å². The molecular formula is C15H26N2O3S. The van der Waals surface area contributed by atoms with Crippen molar-refractivity contribution in [1.82, 2.24) is 10.0 Å². The molecule has 2 N–H and O–H groups in total. The molecule has 1 unspecified atom stereocenters. The van der Waals surface area contributed by atoms with Crippen LogP contribution in [-0.4, -0.2) is 34.7 Å². The highest BCUT2D eigenvalue weighted by atomic mass is 32.2. The summed E-state index contributed by atoms with van der Waals surface area (Å²) in [4.78, 5) is 0.299. The lowest BCUT2D eigenvalue weighted by Crippen LogP contribution is -2.37. The summed E-state index contributed by atoms with van der Waals surface area (Å²) in [5.74, 6) is 0. The predicted molar refractivity (Wildman–Crippen MR) is 84.7 cm³/mol. The first kappa shape index (κ1) is 18.1. The number of rotatable bonds is 10. The van der Waals surface area contributed by atoms with E-state index in [1.54, 1.807) is 25.3 Å². The highest BCUT2D eigenvalue weighted by molar-refractivity contribution is 7.89. The summed E-state index contributed by atoms with van der Waals surface area (Å²) in [7, 11) is -1.94. The predicted octanol–water partition coefficient (Wildman–Crippen LogP) is 1.89. The number of hydrogen-bond donors (Lipinski definition) is 2. The third kappa shape index (κ3) is 6.13. The van der Waals surface area contributed by atoms with Crippen LogP contribution in [0, 0.1) is 0 Å². The van der Waals surface area contributed by atoms with Crippen LogP contribution in [0.15, 0.2) is 29.2 Å². The Labute approximate surface area is 128 Å². The van der Waals surface area contributed by atoms with Gasteiger partial charge in [0.25, 0.3) is 0 Å². The van der Waals surface area contributed by atoms with Crippen LogP contribution in [0.2, 0.25) is 0 Å². The Morgan fingerprint density at radius 1 is 1.29 bits per heavy atom. The fourth-order valence-corrected chi connectivity index (χ4v) is 3.33. The first-order valence-corrected chi connectivity index (χ1v) is 8.82. The molecule has 0 amide bonds. The number of hydrogen-bond acceptors (Lipinski definition) is 4. The monoisotopic (exact) mass is 314 g/mol. The van der Waals surface area contributed by atoms with Crippen molar-refractivity contribution in [2.24, 2.45) is 0 Å². The number of ether oxygens (including phenoxy) is 1. The number of sulfonamides is 1. The largest absolute Gasteiger partial charge is 0.383 e. The molecule has 21 heavy (non-hydrogen) atoms. The maximum atomic E-state index is 12.4. The minimum absolute atomic E-state index is 0.207. The van der Waals surface area contributed by atoms with Crippen molar-refractivity contribution in [1.29, 1.82) is 0 Å². The lowest BCUT2D eigenvalue weighted by atomic mass is 10.2. The Hall–Kier alpha value is -0.950. The van der Waals surface area contributed by atoms with Crippen molar-refractivity contribution >= 4 is 10.0 Å². The molecule has 1 rings (SSSR count). The molecule has 0 saturated carbocycles. The van der Waals surface area contributed by atoms with Gasteiger partial charge in [0.1, 0.15) is 0 Å². The molecule has 6 heteroatoms. The van der Waals surface area contributed by atoms with Gasteiger partial charge in [-0.1, -0.05) is 26.0 Å². The van der Waals surface area contributed by atoms with Gasteiger partial charge in [0.05, 0.1) is 11.5 Å². The molecule has 1 atom stereocenters. The van der Waals surface area contributed by atoms with Gasteiger partial charge in [0.15, 0.2) is 0 Å². The van der Waals surface area contributed by atoms with Crippen molar-refractivity contribution in [2.75, 3.05) is 20.3 Å². The van der Waals surface area contributed by atoms with E-state index < -0.39 is 10.0 Å². The zero-order chi connectivity index (χ0) is 15.7. The zero-order valence-electron chi connectivity index (χ0n) is 13.1. The van der Waals surface area contributed by atoms with Gasteiger partial charge in [-0.15, -0.1) is 0 Å². The van der Waals surface area contributed by atoms with Crippen LogP contribution in [0.1, 0.15) is 32.3 Å². The molecule has 0 spiro atoms. The molecule has 0 aromatic heterocycles. The molecule has 1 aromatic carbocycles. The van der Waals surface area contributed by atoms with Crippen LogP contribution in [0.3, 0.4) is 0 Å². The van der Waals surface area contributed by atoms with E-state index in [1.807, 2.05) is 13.0 Å². The molecular weight excluding hydrogens is 288 g/mol. The molecule has 5 nitrogen and oxygen atoms in total. The Balaban J connectivity index is 2.80. The minimum atomic E-state index is -3.50. The topological polar surface area (TPSA) is 67.4 Å². The van der Waals surface area contributed by atoms with Crippen LogP contribution >= 0.6 is 0 Å². The van der Waals surface area contributed by atoms with E-state index in [2.05, 4.69) is 17.0 Å². The van der Waals surface area contributed by atoms with Crippen LogP contribution in [0.5, 0.6) is 0 Å². The average Bonchev–Trinajstić information content (AvgIpc) is 2.47. The van der Waals surface area contributed by atoms with Crippen molar-refractivity contribution in [2.45, 2.75) is 44.2 Å². The summed E-state index contributed by atoms with van der Waals surface area (Å²) in [6, 6.07) is 6.82. The van der Waals surface area contributed by atoms with Gasteiger partial charge in [-0.2, -0.15) is 0 Å². The number of methoxy groups -OCH3 is 1. The zero-order valence-corrected chi connectivity index (χ0v) is 13.9. The van der Waals surface area contributed by atoms with Crippen molar-refractivity contribution in [3.63, 3.8) is 0 Å². The summed E-state index contributed by atoms with van der Waals surface area (Å²) < 4.78 is 32.5. The molecule has 120 valence electrons. The molecule has 0 fully saturated rings. The molecule has 1 aromatic rings. The maximum absolute atomic E-state index is 12.4. The van der Waals surface area contributed by atoms with E-state index >= 15 is 0 Å². The standard InChI is InChI=1S/C15H26N2O3S/c1-4-9-16-11-13-7-6-8-15(10-13)21(18,19)17-14(5-2)12-20-3/h6-8,10,14,16-17H,4-5,9,11-12H2,1-3H3. The first-order chi connectivity index (χ1) is 10.0. The smallest absolute Gasteiger partial charge is 0.240 e. The minimum Gasteiger partial charge on any atom is -0.383 e. The van der Waals surface area contributed by atoms with Crippen molar-refractivity contribution in [3.8, 4) is 0 Å². The number of nitrogens with one attached hydrogen (secondary N) is 2. The first-order valence-electron chi connectivity index (χ1n) is 7.34. The second-order valence-corrected chi connectivity index (χ2v) is 6.72. The van der Waals surface area contributed by atoms with Gasteiger partial charge in [-0.25, -0.2) is 13.1 Å².